The average molecular weight is 222 g/mol. The van der Waals surface area contributed by atoms with Gasteiger partial charge in [-0.3, -0.25) is 0 Å². The number of nitrogens with two attached hydrogens (primary N) is 1. The Labute approximate surface area is 87.3 Å². The van der Waals surface area contributed by atoms with Gasteiger partial charge in [-0.2, -0.15) is 12.6 Å². The second kappa shape index (κ2) is 4.38. The second-order valence-corrected chi connectivity index (χ2v) is 3.88. The summed E-state index contributed by atoms with van der Waals surface area (Å²) in [4.78, 5) is 0. The molecule has 1 atom stereocenters. The standard InChI is InChI=1S/C8H9Cl2NS/c9-5-1-2-6(7(10)3-5)8(12)4-11/h1-3,8,12H,4,11H2. The van der Waals surface area contributed by atoms with Crippen LogP contribution in [0.1, 0.15) is 10.8 Å². The molecule has 0 bridgehead atoms. The summed E-state index contributed by atoms with van der Waals surface area (Å²) in [6, 6.07) is 5.31. The normalized spacial score (nSPS) is 13.0. The zero-order valence-electron chi connectivity index (χ0n) is 6.30. The molecule has 12 heavy (non-hydrogen) atoms. The average Bonchev–Trinajstić information content (AvgIpc) is 2.03. The summed E-state index contributed by atoms with van der Waals surface area (Å²) in [5.74, 6) is 0. The first kappa shape index (κ1) is 10.2. The van der Waals surface area contributed by atoms with Crippen LogP contribution < -0.4 is 5.73 Å². The number of rotatable bonds is 2. The Bertz CT molecular complexity index is 278. The number of hydrogen-bond donors (Lipinski definition) is 2. The Hall–Kier alpha value is 0.110. The van der Waals surface area contributed by atoms with E-state index in [-0.39, 0.29) is 5.25 Å². The van der Waals surface area contributed by atoms with E-state index in [1.165, 1.54) is 0 Å². The molecule has 4 heteroatoms. The molecule has 66 valence electrons. The van der Waals surface area contributed by atoms with Gasteiger partial charge in [0.15, 0.2) is 0 Å². The molecule has 0 aliphatic rings. The molecule has 0 saturated carbocycles. The smallest absolute Gasteiger partial charge is 0.0464 e. The minimum absolute atomic E-state index is 0.0187. The summed E-state index contributed by atoms with van der Waals surface area (Å²) in [5.41, 5.74) is 6.37. The molecule has 2 N–H and O–H groups in total. The van der Waals surface area contributed by atoms with Crippen molar-refractivity contribution in [2.45, 2.75) is 5.25 Å². The van der Waals surface area contributed by atoms with Gasteiger partial charge in [0.05, 0.1) is 0 Å². The van der Waals surface area contributed by atoms with Crippen molar-refractivity contribution in [1.82, 2.24) is 0 Å². The third-order valence-corrected chi connectivity index (χ3v) is 2.60. The minimum atomic E-state index is -0.0187. The van der Waals surface area contributed by atoms with Gasteiger partial charge in [-0.25, -0.2) is 0 Å². The molecule has 0 aromatic heterocycles. The lowest BCUT2D eigenvalue weighted by Gasteiger charge is -2.09. The van der Waals surface area contributed by atoms with Gasteiger partial charge >= 0.3 is 0 Å². The van der Waals surface area contributed by atoms with Crippen molar-refractivity contribution in [1.29, 1.82) is 0 Å². The third-order valence-electron chi connectivity index (χ3n) is 1.54. The van der Waals surface area contributed by atoms with Gasteiger partial charge in [-0.1, -0.05) is 29.3 Å². The molecule has 1 aromatic carbocycles. The Morgan fingerprint density at radius 2 is 2.08 bits per heavy atom. The number of halogens is 2. The predicted molar refractivity (Wildman–Crippen MR) is 57.2 cm³/mol. The van der Waals surface area contributed by atoms with Crippen LogP contribution in [0.5, 0.6) is 0 Å². The van der Waals surface area contributed by atoms with Gasteiger partial charge in [0, 0.05) is 21.8 Å². The molecule has 0 saturated heterocycles. The molecule has 1 aromatic rings. The molecule has 0 amide bonds. The highest BCUT2D eigenvalue weighted by Gasteiger charge is 2.08. The first-order chi connectivity index (χ1) is 5.65. The summed E-state index contributed by atoms with van der Waals surface area (Å²) < 4.78 is 0. The fourth-order valence-electron chi connectivity index (χ4n) is 0.899. The van der Waals surface area contributed by atoms with Gasteiger partial charge in [-0.05, 0) is 17.7 Å². The molecule has 0 fully saturated rings. The first-order valence-electron chi connectivity index (χ1n) is 3.48. The molecule has 0 aliphatic heterocycles. The minimum Gasteiger partial charge on any atom is -0.329 e. The van der Waals surface area contributed by atoms with Crippen molar-refractivity contribution in [2.24, 2.45) is 5.73 Å². The van der Waals surface area contributed by atoms with Crippen LogP contribution in [0.15, 0.2) is 18.2 Å². The van der Waals surface area contributed by atoms with E-state index in [0.717, 1.165) is 5.56 Å². The molecule has 0 heterocycles. The van der Waals surface area contributed by atoms with Crippen molar-refractivity contribution >= 4 is 35.8 Å². The maximum Gasteiger partial charge on any atom is 0.0464 e. The molecule has 1 nitrogen and oxygen atoms in total. The molecule has 0 radical (unpaired) electrons. The number of hydrogen-bond acceptors (Lipinski definition) is 2. The molecule has 1 unspecified atom stereocenters. The van der Waals surface area contributed by atoms with Crippen LogP contribution in [0.4, 0.5) is 0 Å². The van der Waals surface area contributed by atoms with Crippen molar-refractivity contribution in [3.8, 4) is 0 Å². The van der Waals surface area contributed by atoms with Crippen LogP contribution in [0.3, 0.4) is 0 Å². The molecule has 0 aliphatic carbocycles. The zero-order chi connectivity index (χ0) is 9.14. The Morgan fingerprint density at radius 3 is 2.58 bits per heavy atom. The molecular formula is C8H9Cl2NS. The second-order valence-electron chi connectivity index (χ2n) is 2.42. The van der Waals surface area contributed by atoms with Gasteiger partial charge in [0.25, 0.3) is 0 Å². The van der Waals surface area contributed by atoms with Gasteiger partial charge < -0.3 is 5.73 Å². The van der Waals surface area contributed by atoms with Crippen LogP contribution in [-0.4, -0.2) is 6.54 Å². The summed E-state index contributed by atoms with van der Waals surface area (Å²) in [6.07, 6.45) is 0. The van der Waals surface area contributed by atoms with Gasteiger partial charge in [-0.15, -0.1) is 0 Å². The van der Waals surface area contributed by atoms with E-state index < -0.39 is 0 Å². The van der Waals surface area contributed by atoms with E-state index in [4.69, 9.17) is 28.9 Å². The summed E-state index contributed by atoms with van der Waals surface area (Å²) >= 11 is 15.9. The highest BCUT2D eigenvalue weighted by Crippen LogP contribution is 2.28. The topological polar surface area (TPSA) is 26.0 Å². The van der Waals surface area contributed by atoms with E-state index in [1.807, 2.05) is 6.07 Å². The predicted octanol–water partition coefficient (Wildman–Crippen LogP) is 2.92. The van der Waals surface area contributed by atoms with Gasteiger partial charge in [0.1, 0.15) is 0 Å². The van der Waals surface area contributed by atoms with Crippen molar-refractivity contribution < 1.29 is 0 Å². The molecule has 0 spiro atoms. The fourth-order valence-corrected chi connectivity index (χ4v) is 1.74. The molecular weight excluding hydrogens is 213 g/mol. The van der Waals surface area contributed by atoms with Gasteiger partial charge in [0.2, 0.25) is 0 Å². The quantitative estimate of drug-likeness (QED) is 0.739. The van der Waals surface area contributed by atoms with E-state index in [1.54, 1.807) is 12.1 Å². The Kier molecular flexibility index (Phi) is 3.72. The van der Waals surface area contributed by atoms with E-state index >= 15 is 0 Å². The summed E-state index contributed by atoms with van der Waals surface area (Å²) in [5, 5.41) is 1.23. The highest BCUT2D eigenvalue weighted by molar-refractivity contribution is 7.80. The van der Waals surface area contributed by atoms with E-state index in [2.05, 4.69) is 12.6 Å². The van der Waals surface area contributed by atoms with Crippen molar-refractivity contribution in [3.63, 3.8) is 0 Å². The fraction of sp³-hybridized carbons (Fsp3) is 0.250. The third kappa shape index (κ3) is 2.30. The van der Waals surface area contributed by atoms with Crippen LogP contribution in [0.25, 0.3) is 0 Å². The summed E-state index contributed by atoms with van der Waals surface area (Å²) in [6.45, 7) is 0.463. The summed E-state index contributed by atoms with van der Waals surface area (Å²) in [7, 11) is 0. The lowest BCUT2D eigenvalue weighted by atomic mass is 10.1. The SMILES string of the molecule is NCC(S)c1ccc(Cl)cc1Cl. The van der Waals surface area contributed by atoms with Crippen molar-refractivity contribution in [3.05, 3.63) is 33.8 Å². The maximum absolute atomic E-state index is 5.91. The Morgan fingerprint density at radius 1 is 1.42 bits per heavy atom. The van der Waals surface area contributed by atoms with Crippen LogP contribution in [0, 0.1) is 0 Å². The lowest BCUT2D eigenvalue weighted by molar-refractivity contribution is 0.950. The van der Waals surface area contributed by atoms with E-state index in [9.17, 15) is 0 Å². The van der Waals surface area contributed by atoms with Crippen LogP contribution >= 0.6 is 35.8 Å². The number of benzene rings is 1. The first-order valence-corrected chi connectivity index (χ1v) is 4.75. The van der Waals surface area contributed by atoms with Crippen LogP contribution in [-0.2, 0) is 0 Å². The number of thiol groups is 1. The lowest BCUT2D eigenvalue weighted by Crippen LogP contribution is -2.07. The Balaban J connectivity index is 3.01. The maximum atomic E-state index is 5.91. The largest absolute Gasteiger partial charge is 0.329 e. The monoisotopic (exact) mass is 221 g/mol. The van der Waals surface area contributed by atoms with Crippen LogP contribution in [0.2, 0.25) is 10.0 Å². The molecule has 1 rings (SSSR count). The zero-order valence-corrected chi connectivity index (χ0v) is 8.70. The van der Waals surface area contributed by atoms with E-state index in [0.29, 0.717) is 16.6 Å². The van der Waals surface area contributed by atoms with Crippen molar-refractivity contribution in [2.75, 3.05) is 6.54 Å². The highest BCUT2D eigenvalue weighted by atomic mass is 35.5.